The van der Waals surface area contributed by atoms with Crippen LogP contribution in [0.3, 0.4) is 0 Å². The van der Waals surface area contributed by atoms with E-state index < -0.39 is 23.6 Å². The fourth-order valence-electron chi connectivity index (χ4n) is 5.19. The average Bonchev–Trinajstić information content (AvgIpc) is 3.70. The summed E-state index contributed by atoms with van der Waals surface area (Å²) in [5.74, 6) is -0.439. The summed E-state index contributed by atoms with van der Waals surface area (Å²) in [5.41, 5.74) is 7.11. The highest BCUT2D eigenvalue weighted by Gasteiger charge is 2.34. The Labute approximate surface area is 232 Å². The summed E-state index contributed by atoms with van der Waals surface area (Å²) >= 11 is 0. The van der Waals surface area contributed by atoms with Crippen LogP contribution in [0, 0.1) is 5.82 Å². The quantitative estimate of drug-likeness (QED) is 0.237. The van der Waals surface area contributed by atoms with Crippen molar-refractivity contribution in [2.24, 2.45) is 0 Å². The minimum Gasteiger partial charge on any atom is -0.383 e. The fourth-order valence-corrected chi connectivity index (χ4v) is 5.19. The molecule has 0 spiro atoms. The standard InChI is InChI=1S/C28H28F4N8O/c29-22-11-16(20-14-40(19-4-5-19)26-24(20)25(33)35-15-36-26)2-6-23(22)38-27(41)37-18-3-1-17(21(12-18)28(30,31)32)13-39-9-7-34-8-10-39/h1-3,6,11-12,14-15,19,34H,4-5,7-10,13H2,(H2,33,35,36)(H2,37,38,41). The lowest BCUT2D eigenvalue weighted by atomic mass is 10.0. The van der Waals surface area contributed by atoms with E-state index in [1.807, 2.05) is 15.7 Å². The molecule has 41 heavy (non-hydrogen) atoms. The second kappa shape index (κ2) is 10.6. The van der Waals surface area contributed by atoms with Crippen LogP contribution in [-0.4, -0.2) is 51.6 Å². The van der Waals surface area contributed by atoms with Gasteiger partial charge >= 0.3 is 12.2 Å². The van der Waals surface area contributed by atoms with Crippen LogP contribution in [0.4, 0.5) is 39.5 Å². The van der Waals surface area contributed by atoms with Gasteiger partial charge in [-0.2, -0.15) is 13.2 Å². The normalized spacial score (nSPS) is 16.2. The van der Waals surface area contributed by atoms with E-state index in [0.29, 0.717) is 54.4 Å². The maximum atomic E-state index is 15.1. The van der Waals surface area contributed by atoms with Crippen molar-refractivity contribution in [3.8, 4) is 11.1 Å². The highest BCUT2D eigenvalue weighted by Crippen LogP contribution is 2.42. The number of nitrogens with one attached hydrogen (secondary N) is 3. The highest BCUT2D eigenvalue weighted by molar-refractivity contribution is 6.02. The van der Waals surface area contributed by atoms with Gasteiger partial charge in [-0.05, 0) is 48.2 Å². The van der Waals surface area contributed by atoms with Crippen molar-refractivity contribution in [1.29, 1.82) is 0 Å². The van der Waals surface area contributed by atoms with Gasteiger partial charge in [-0.15, -0.1) is 0 Å². The Kier molecular flexibility index (Phi) is 6.99. The minimum atomic E-state index is -4.60. The second-order valence-corrected chi connectivity index (χ2v) is 10.3. The van der Waals surface area contributed by atoms with E-state index in [9.17, 15) is 18.0 Å². The number of rotatable bonds is 6. The van der Waals surface area contributed by atoms with Crippen molar-refractivity contribution >= 4 is 34.3 Å². The van der Waals surface area contributed by atoms with Crippen LogP contribution in [0.25, 0.3) is 22.2 Å². The van der Waals surface area contributed by atoms with Crippen LogP contribution in [0.2, 0.25) is 0 Å². The van der Waals surface area contributed by atoms with E-state index >= 15 is 4.39 Å². The molecule has 1 saturated carbocycles. The van der Waals surface area contributed by atoms with Crippen molar-refractivity contribution in [1.82, 2.24) is 24.8 Å². The number of nitrogen functional groups attached to an aromatic ring is 1. The zero-order valence-corrected chi connectivity index (χ0v) is 21.9. The number of alkyl halides is 3. The molecule has 0 radical (unpaired) electrons. The summed E-state index contributed by atoms with van der Waals surface area (Å²) in [5, 5.41) is 8.56. The molecule has 0 unspecified atom stereocenters. The second-order valence-electron chi connectivity index (χ2n) is 10.3. The van der Waals surface area contributed by atoms with Gasteiger partial charge in [0.1, 0.15) is 23.6 Å². The molecule has 0 bridgehead atoms. The van der Waals surface area contributed by atoms with E-state index in [1.165, 1.54) is 30.6 Å². The first-order chi connectivity index (χ1) is 19.7. The molecule has 5 N–H and O–H groups in total. The van der Waals surface area contributed by atoms with Gasteiger partial charge < -0.3 is 26.3 Å². The smallest absolute Gasteiger partial charge is 0.383 e. The molecule has 3 heterocycles. The largest absolute Gasteiger partial charge is 0.416 e. The van der Waals surface area contributed by atoms with Gasteiger partial charge in [0.2, 0.25) is 0 Å². The van der Waals surface area contributed by atoms with Crippen molar-refractivity contribution < 1.29 is 22.4 Å². The molecule has 1 saturated heterocycles. The summed E-state index contributed by atoms with van der Waals surface area (Å²) < 4.78 is 58.7. The number of hydrogen-bond donors (Lipinski definition) is 4. The lowest BCUT2D eigenvalue weighted by Gasteiger charge is -2.28. The summed E-state index contributed by atoms with van der Waals surface area (Å²) in [6.45, 7) is 2.87. The molecule has 1 aliphatic heterocycles. The third kappa shape index (κ3) is 5.68. The van der Waals surface area contributed by atoms with Crippen LogP contribution in [0.1, 0.15) is 30.0 Å². The molecule has 4 aromatic rings. The van der Waals surface area contributed by atoms with Crippen LogP contribution in [0.5, 0.6) is 0 Å². The number of amides is 2. The number of aromatic nitrogens is 3. The summed E-state index contributed by atoms with van der Waals surface area (Å²) in [6, 6.07) is 7.40. The number of nitrogens with two attached hydrogens (primary N) is 1. The van der Waals surface area contributed by atoms with Gasteiger partial charge in [-0.1, -0.05) is 12.1 Å². The number of carbonyl (C=O) groups is 1. The molecule has 2 aromatic carbocycles. The number of carbonyl (C=O) groups excluding carboxylic acids is 1. The van der Waals surface area contributed by atoms with Crippen LogP contribution >= 0.6 is 0 Å². The van der Waals surface area contributed by atoms with Crippen molar-refractivity contribution in [3.05, 3.63) is 65.9 Å². The van der Waals surface area contributed by atoms with Crippen LogP contribution in [-0.2, 0) is 12.7 Å². The number of fused-ring (bicyclic) bond motifs is 1. The average molecular weight is 569 g/mol. The van der Waals surface area contributed by atoms with Crippen LogP contribution < -0.4 is 21.7 Å². The fraction of sp³-hybridized carbons (Fsp3) is 0.321. The van der Waals surface area contributed by atoms with Gasteiger partial charge in [-0.25, -0.2) is 19.2 Å². The molecule has 1 aliphatic carbocycles. The van der Waals surface area contributed by atoms with E-state index in [-0.39, 0.29) is 29.3 Å². The maximum Gasteiger partial charge on any atom is 0.416 e. The first-order valence-corrected chi connectivity index (χ1v) is 13.3. The van der Waals surface area contributed by atoms with E-state index in [2.05, 4.69) is 25.9 Å². The Morgan fingerprint density at radius 3 is 2.56 bits per heavy atom. The lowest BCUT2D eigenvalue weighted by molar-refractivity contribution is -0.138. The highest BCUT2D eigenvalue weighted by atomic mass is 19.4. The number of piperazine rings is 1. The maximum absolute atomic E-state index is 15.1. The molecule has 2 amide bonds. The molecule has 2 aliphatic rings. The zero-order valence-electron chi connectivity index (χ0n) is 21.9. The monoisotopic (exact) mass is 568 g/mol. The third-order valence-electron chi connectivity index (χ3n) is 7.38. The summed E-state index contributed by atoms with van der Waals surface area (Å²) in [4.78, 5) is 23.0. The van der Waals surface area contributed by atoms with Gasteiger partial charge in [-0.3, -0.25) is 4.90 Å². The first-order valence-electron chi connectivity index (χ1n) is 13.3. The Morgan fingerprint density at radius 1 is 1.07 bits per heavy atom. The van der Waals surface area contributed by atoms with E-state index in [1.54, 1.807) is 6.07 Å². The van der Waals surface area contributed by atoms with Gasteiger partial charge in [0, 0.05) is 56.2 Å². The van der Waals surface area contributed by atoms with Gasteiger partial charge in [0.25, 0.3) is 0 Å². The lowest BCUT2D eigenvalue weighted by Crippen LogP contribution is -2.43. The summed E-state index contributed by atoms with van der Waals surface area (Å²) in [7, 11) is 0. The van der Waals surface area contributed by atoms with Gasteiger partial charge in [0.15, 0.2) is 0 Å². The minimum absolute atomic E-state index is 0.0562. The number of benzene rings is 2. The first kappa shape index (κ1) is 27.0. The molecule has 214 valence electrons. The predicted octanol–water partition coefficient (Wildman–Crippen LogP) is 5.22. The number of anilines is 3. The van der Waals surface area contributed by atoms with Crippen LogP contribution in [0.15, 0.2) is 48.9 Å². The number of halogens is 4. The summed E-state index contributed by atoms with van der Waals surface area (Å²) in [6.07, 6.45) is 0.707. The molecular formula is C28H28F4N8O. The number of hydrogen-bond acceptors (Lipinski definition) is 6. The topological polar surface area (TPSA) is 113 Å². The third-order valence-corrected chi connectivity index (χ3v) is 7.38. The van der Waals surface area contributed by atoms with E-state index in [0.717, 1.165) is 18.9 Å². The van der Waals surface area contributed by atoms with Crippen molar-refractivity contribution in [3.63, 3.8) is 0 Å². The molecule has 9 nitrogen and oxygen atoms in total. The van der Waals surface area contributed by atoms with E-state index in [4.69, 9.17) is 5.73 Å². The molecule has 2 aromatic heterocycles. The Bertz CT molecular complexity index is 1610. The Morgan fingerprint density at radius 2 is 1.85 bits per heavy atom. The predicted molar refractivity (Wildman–Crippen MR) is 148 cm³/mol. The SMILES string of the molecule is Nc1ncnc2c1c(-c1ccc(NC(=O)Nc3ccc(CN4CCNCC4)c(C(F)(F)F)c3)c(F)c1)cn2C1CC1. The van der Waals surface area contributed by atoms with Crippen molar-refractivity contribution in [2.45, 2.75) is 31.6 Å². The molecule has 6 rings (SSSR count). The molecule has 13 heteroatoms. The Hall–Kier alpha value is -4.23. The van der Waals surface area contributed by atoms with Crippen molar-refractivity contribution in [2.75, 3.05) is 42.5 Å². The molecular weight excluding hydrogens is 540 g/mol. The Balaban J connectivity index is 1.19. The number of urea groups is 1. The number of nitrogens with zero attached hydrogens (tertiary/aromatic N) is 4. The molecule has 2 fully saturated rings. The zero-order chi connectivity index (χ0) is 28.7. The molecule has 0 atom stereocenters. The van der Waals surface area contributed by atoms with Gasteiger partial charge in [0.05, 0.1) is 16.6 Å².